The number of nitrogens with one attached hydrogen (secondary N) is 1. The lowest BCUT2D eigenvalue weighted by Gasteiger charge is -2.23. The van der Waals surface area contributed by atoms with Crippen molar-refractivity contribution in [3.8, 4) is 5.75 Å². The van der Waals surface area contributed by atoms with Crippen LogP contribution in [0.2, 0.25) is 0 Å². The van der Waals surface area contributed by atoms with Crippen molar-refractivity contribution in [2.24, 2.45) is 0 Å². The van der Waals surface area contributed by atoms with Crippen molar-refractivity contribution in [2.75, 3.05) is 32.9 Å². The largest absolute Gasteiger partial charge is 0.494 e. The van der Waals surface area contributed by atoms with Gasteiger partial charge in [0.05, 0.1) is 32.5 Å². The zero-order valence-electron chi connectivity index (χ0n) is 14.7. The van der Waals surface area contributed by atoms with Crippen molar-refractivity contribution in [3.05, 3.63) is 42.0 Å². The molecule has 1 saturated heterocycles. The van der Waals surface area contributed by atoms with Crippen LogP contribution in [-0.2, 0) is 25.7 Å². The average molecular weight is 367 g/mol. The van der Waals surface area contributed by atoms with E-state index in [0.29, 0.717) is 32.0 Å². The molecule has 0 bridgehead atoms. The number of ether oxygens (including phenoxy) is 3. The first-order chi connectivity index (χ1) is 12.5. The Morgan fingerprint density at radius 3 is 2.54 bits per heavy atom. The van der Waals surface area contributed by atoms with Crippen molar-refractivity contribution < 1.29 is 34.0 Å². The quantitative estimate of drug-likeness (QED) is 0.589. The summed E-state index contributed by atoms with van der Waals surface area (Å²) in [7, 11) is 0. The topological polar surface area (TPSA) is 114 Å². The molecule has 0 saturated carbocycles. The van der Waals surface area contributed by atoms with Gasteiger partial charge in [-0.05, 0) is 13.0 Å². The number of morpholine rings is 1. The number of hydrogen-bond acceptors (Lipinski definition) is 6. The zero-order chi connectivity index (χ0) is 19.2. The monoisotopic (exact) mass is 367 g/mol. The van der Waals surface area contributed by atoms with Gasteiger partial charge >= 0.3 is 11.9 Å². The maximum Gasteiger partial charge on any atom is 0.328 e. The van der Waals surface area contributed by atoms with Gasteiger partial charge in [-0.2, -0.15) is 0 Å². The Morgan fingerprint density at radius 1 is 1.27 bits per heavy atom. The van der Waals surface area contributed by atoms with Gasteiger partial charge in [-0.25, -0.2) is 9.59 Å². The number of carboxylic acid groups (broad SMARTS) is 2. The number of carbonyl (C=O) groups is 2. The Balaban J connectivity index is 0.000000359. The molecule has 1 aromatic carbocycles. The van der Waals surface area contributed by atoms with Gasteiger partial charge in [-0.3, -0.25) is 0 Å². The van der Waals surface area contributed by atoms with Crippen LogP contribution in [0, 0.1) is 0 Å². The number of benzene rings is 1. The molecule has 0 radical (unpaired) electrons. The highest BCUT2D eigenvalue weighted by Crippen LogP contribution is 2.18. The minimum Gasteiger partial charge on any atom is -0.494 e. The number of hydrogen-bond donors (Lipinski definition) is 3. The normalized spacial score (nSPS) is 16.6. The molecule has 8 heteroatoms. The van der Waals surface area contributed by atoms with E-state index in [1.54, 1.807) is 0 Å². The number of carboxylic acids is 2. The maximum atomic E-state index is 9.55. The van der Waals surface area contributed by atoms with Gasteiger partial charge in [0.25, 0.3) is 0 Å². The van der Waals surface area contributed by atoms with Gasteiger partial charge in [-0.15, -0.1) is 0 Å². The second-order valence-electron chi connectivity index (χ2n) is 5.26. The van der Waals surface area contributed by atoms with Crippen LogP contribution in [0.15, 0.2) is 36.4 Å². The fraction of sp³-hybridized carbons (Fsp3) is 0.444. The van der Waals surface area contributed by atoms with Crippen LogP contribution in [0.25, 0.3) is 0 Å². The highest BCUT2D eigenvalue weighted by molar-refractivity contribution is 5.89. The van der Waals surface area contributed by atoms with Crippen LogP contribution in [0.4, 0.5) is 0 Å². The fourth-order valence-electron chi connectivity index (χ4n) is 2.09. The van der Waals surface area contributed by atoms with E-state index in [1.807, 2.05) is 31.2 Å². The molecule has 1 atom stereocenters. The van der Waals surface area contributed by atoms with E-state index >= 15 is 0 Å². The van der Waals surface area contributed by atoms with Gasteiger partial charge < -0.3 is 29.7 Å². The second kappa shape index (κ2) is 12.9. The molecule has 3 N–H and O–H groups in total. The molecule has 0 spiro atoms. The molecule has 1 aliphatic heterocycles. The molecule has 0 aromatic heterocycles. The Bertz CT molecular complexity index is 567. The third kappa shape index (κ3) is 9.77. The predicted octanol–water partition coefficient (Wildman–Crippen LogP) is 1.30. The molecule has 2 rings (SSSR count). The molecular weight excluding hydrogens is 342 g/mol. The van der Waals surface area contributed by atoms with Crippen molar-refractivity contribution in [3.63, 3.8) is 0 Å². The van der Waals surface area contributed by atoms with Crippen LogP contribution in [0.5, 0.6) is 5.75 Å². The first-order valence-corrected chi connectivity index (χ1v) is 8.27. The van der Waals surface area contributed by atoms with Crippen molar-refractivity contribution >= 4 is 11.9 Å². The highest BCUT2D eigenvalue weighted by Gasteiger charge is 2.13. The van der Waals surface area contributed by atoms with E-state index in [1.165, 1.54) is 0 Å². The Morgan fingerprint density at radius 2 is 1.96 bits per heavy atom. The molecular formula is C18H25NO7. The molecule has 1 fully saturated rings. The van der Waals surface area contributed by atoms with Crippen LogP contribution in [0.3, 0.4) is 0 Å². The number of aliphatic carboxylic acids is 2. The molecule has 0 aliphatic carbocycles. The SMILES string of the molecule is CCOc1ccccc1COCC1CNCCO1.O=C(O)/C=C\C(=O)O. The molecule has 144 valence electrons. The number of para-hydroxylation sites is 1. The Hall–Kier alpha value is -2.42. The first-order valence-electron chi connectivity index (χ1n) is 8.27. The minimum absolute atomic E-state index is 0.165. The minimum atomic E-state index is -1.26. The molecule has 1 heterocycles. The van der Waals surface area contributed by atoms with Crippen molar-refractivity contribution in [2.45, 2.75) is 19.6 Å². The van der Waals surface area contributed by atoms with E-state index in [-0.39, 0.29) is 6.10 Å². The zero-order valence-corrected chi connectivity index (χ0v) is 14.7. The summed E-state index contributed by atoms with van der Waals surface area (Å²) < 4.78 is 16.8. The van der Waals surface area contributed by atoms with Crippen molar-refractivity contribution in [1.29, 1.82) is 0 Å². The van der Waals surface area contributed by atoms with E-state index < -0.39 is 11.9 Å². The second-order valence-corrected chi connectivity index (χ2v) is 5.26. The lowest BCUT2D eigenvalue weighted by molar-refractivity contribution is -0.134. The van der Waals surface area contributed by atoms with Crippen LogP contribution < -0.4 is 10.1 Å². The van der Waals surface area contributed by atoms with E-state index in [0.717, 1.165) is 31.0 Å². The van der Waals surface area contributed by atoms with E-state index in [2.05, 4.69) is 5.32 Å². The van der Waals surface area contributed by atoms with E-state index in [4.69, 9.17) is 24.4 Å². The number of rotatable bonds is 8. The van der Waals surface area contributed by atoms with Crippen LogP contribution in [0.1, 0.15) is 12.5 Å². The molecule has 26 heavy (non-hydrogen) atoms. The lowest BCUT2D eigenvalue weighted by Crippen LogP contribution is -2.40. The van der Waals surface area contributed by atoms with Gasteiger partial charge in [-0.1, -0.05) is 18.2 Å². The summed E-state index contributed by atoms with van der Waals surface area (Å²) in [5.41, 5.74) is 1.09. The summed E-state index contributed by atoms with van der Waals surface area (Å²) in [6.45, 7) is 6.41. The maximum absolute atomic E-state index is 9.55. The molecule has 1 aliphatic rings. The third-order valence-corrected chi connectivity index (χ3v) is 3.21. The molecule has 0 amide bonds. The summed E-state index contributed by atoms with van der Waals surface area (Å²) >= 11 is 0. The molecule has 8 nitrogen and oxygen atoms in total. The fourth-order valence-corrected chi connectivity index (χ4v) is 2.09. The summed E-state index contributed by atoms with van der Waals surface area (Å²) in [5.74, 6) is -1.61. The van der Waals surface area contributed by atoms with Gasteiger partial charge in [0.15, 0.2) is 0 Å². The molecule has 1 unspecified atom stereocenters. The van der Waals surface area contributed by atoms with Gasteiger partial charge in [0.2, 0.25) is 0 Å². The van der Waals surface area contributed by atoms with Crippen LogP contribution in [-0.4, -0.2) is 61.2 Å². The van der Waals surface area contributed by atoms with Crippen LogP contribution >= 0.6 is 0 Å². The summed E-state index contributed by atoms with van der Waals surface area (Å²) in [6.07, 6.45) is 1.28. The van der Waals surface area contributed by atoms with E-state index in [9.17, 15) is 9.59 Å². The highest BCUT2D eigenvalue weighted by atomic mass is 16.5. The standard InChI is InChI=1S/C14H21NO3.C4H4O4/c1-2-17-14-6-4-3-5-12(14)10-16-11-13-9-15-7-8-18-13;5-3(6)1-2-4(7)8/h3-6,13,15H,2,7-11H2,1H3;1-2H,(H,5,6)(H,7,8)/b;2-1-. The summed E-state index contributed by atoms with van der Waals surface area (Å²) in [4.78, 5) is 19.1. The van der Waals surface area contributed by atoms with Crippen molar-refractivity contribution in [1.82, 2.24) is 5.32 Å². The van der Waals surface area contributed by atoms with Gasteiger partial charge in [0.1, 0.15) is 5.75 Å². The molecule has 1 aromatic rings. The summed E-state index contributed by atoms with van der Waals surface area (Å²) in [5, 5.41) is 18.9. The predicted molar refractivity (Wildman–Crippen MR) is 94.3 cm³/mol. The Kier molecular flexibility index (Phi) is 10.7. The average Bonchev–Trinajstić information content (AvgIpc) is 2.63. The first kappa shape index (κ1) is 21.6. The Labute approximate surface area is 152 Å². The third-order valence-electron chi connectivity index (χ3n) is 3.21. The smallest absolute Gasteiger partial charge is 0.328 e. The summed E-state index contributed by atoms with van der Waals surface area (Å²) in [6, 6.07) is 7.98. The van der Waals surface area contributed by atoms with Gasteiger partial charge in [0, 0.05) is 30.8 Å². The lowest BCUT2D eigenvalue weighted by atomic mass is 10.2.